The van der Waals surface area contributed by atoms with Gasteiger partial charge in [0.1, 0.15) is 17.8 Å². The van der Waals surface area contributed by atoms with Crippen LogP contribution in [0.5, 0.6) is 5.75 Å². The summed E-state index contributed by atoms with van der Waals surface area (Å²) in [6, 6.07) is 8.65. The molecule has 0 aliphatic heterocycles. The van der Waals surface area contributed by atoms with Crippen LogP contribution in [-0.4, -0.2) is 55.4 Å². The fraction of sp³-hybridized carbons (Fsp3) is 0.154. The zero-order valence-corrected chi connectivity index (χ0v) is 22.3. The number of fused-ring (bicyclic) bond motifs is 1. The molecule has 3 aromatic heterocycles. The summed E-state index contributed by atoms with van der Waals surface area (Å²) >= 11 is 0. The van der Waals surface area contributed by atoms with Crippen LogP contribution in [-0.2, 0) is 16.8 Å². The van der Waals surface area contributed by atoms with Gasteiger partial charge in [-0.25, -0.2) is 22.7 Å². The lowest BCUT2D eigenvalue weighted by molar-refractivity contribution is 0.427. The van der Waals surface area contributed by atoms with Crippen LogP contribution in [0.25, 0.3) is 16.6 Å². The normalized spacial score (nSPS) is 11.8. The molecule has 5 rings (SSSR count). The Morgan fingerprint density at radius 1 is 1.05 bits per heavy atom. The van der Waals surface area contributed by atoms with Gasteiger partial charge in [0.2, 0.25) is 0 Å². The second kappa shape index (κ2) is 10.1. The summed E-state index contributed by atoms with van der Waals surface area (Å²) in [7, 11) is -1.37. The van der Waals surface area contributed by atoms with Gasteiger partial charge in [-0.2, -0.15) is 12.7 Å². The molecule has 5 aromatic rings. The number of aromatic nitrogens is 5. The Morgan fingerprint density at radius 2 is 1.82 bits per heavy atom. The molecule has 0 unspecified atom stereocenters. The second-order valence-electron chi connectivity index (χ2n) is 9.04. The van der Waals surface area contributed by atoms with Crippen molar-refractivity contribution in [1.82, 2.24) is 27.8 Å². The van der Waals surface area contributed by atoms with Crippen molar-refractivity contribution >= 4 is 32.5 Å². The van der Waals surface area contributed by atoms with E-state index in [1.54, 1.807) is 18.3 Å². The van der Waals surface area contributed by atoms with E-state index in [-0.39, 0.29) is 22.5 Å². The van der Waals surface area contributed by atoms with Crippen molar-refractivity contribution in [3.05, 3.63) is 101 Å². The maximum Gasteiger partial charge on any atom is 0.308 e. The minimum atomic E-state index is -4.03. The Bertz CT molecular complexity index is 1880. The Balaban J connectivity index is 1.74. The number of aromatic hydroxyl groups is 1. The van der Waals surface area contributed by atoms with Gasteiger partial charge in [0.05, 0.1) is 29.3 Å². The van der Waals surface area contributed by atoms with Crippen LogP contribution in [0, 0.1) is 18.6 Å². The molecule has 0 saturated heterocycles. The maximum absolute atomic E-state index is 15.5. The van der Waals surface area contributed by atoms with Crippen LogP contribution in [0.3, 0.4) is 0 Å². The topological polar surface area (TPSA) is 126 Å². The number of hydrogen-bond donors (Lipinski definition) is 1. The number of aryl methyl sites for hydroxylation is 1. The molecule has 40 heavy (non-hydrogen) atoms. The number of anilines is 2. The van der Waals surface area contributed by atoms with E-state index in [0.717, 1.165) is 19.2 Å². The Hall–Kier alpha value is -4.69. The summed E-state index contributed by atoms with van der Waals surface area (Å²) in [5.74, 6) is -3.13. The summed E-state index contributed by atoms with van der Waals surface area (Å²) in [6.45, 7) is 0.907. The lowest BCUT2D eigenvalue weighted by atomic mass is 10.1. The molecular formula is C26H23F2N7O4S. The first-order valence-electron chi connectivity index (χ1n) is 11.8. The van der Waals surface area contributed by atoms with Crippen LogP contribution in [0.1, 0.15) is 11.4 Å². The molecule has 1 N–H and O–H groups in total. The Morgan fingerprint density at radius 3 is 2.52 bits per heavy atom. The average Bonchev–Trinajstić information content (AvgIpc) is 3.41. The van der Waals surface area contributed by atoms with E-state index < -0.39 is 45.4 Å². The molecule has 0 aliphatic rings. The van der Waals surface area contributed by atoms with E-state index >= 15 is 8.78 Å². The fourth-order valence-electron chi connectivity index (χ4n) is 4.19. The van der Waals surface area contributed by atoms with Crippen LogP contribution >= 0.6 is 0 Å². The molecule has 0 fully saturated rings. The molecule has 0 amide bonds. The van der Waals surface area contributed by atoms with Crippen LogP contribution in [0.15, 0.2) is 72.3 Å². The first kappa shape index (κ1) is 26.9. The van der Waals surface area contributed by atoms with Gasteiger partial charge in [-0.05, 0) is 48.9 Å². The molecule has 2 aromatic carbocycles. The molecule has 0 spiro atoms. The third-order valence-electron chi connectivity index (χ3n) is 6.28. The summed E-state index contributed by atoms with van der Waals surface area (Å²) < 4.78 is 59.8. The number of imidazole rings is 1. The minimum absolute atomic E-state index is 0.0513. The van der Waals surface area contributed by atoms with E-state index in [1.165, 1.54) is 68.7 Å². The zero-order valence-electron chi connectivity index (χ0n) is 21.5. The van der Waals surface area contributed by atoms with E-state index in [2.05, 4.69) is 15.0 Å². The first-order valence-corrected chi connectivity index (χ1v) is 13.2. The molecular weight excluding hydrogens is 544 g/mol. The largest absolute Gasteiger partial charge is 0.505 e. The molecule has 0 saturated carbocycles. The summed E-state index contributed by atoms with van der Waals surface area (Å²) in [4.78, 5) is 27.0. The quantitative estimate of drug-likeness (QED) is 0.318. The lowest BCUT2D eigenvalue weighted by Gasteiger charge is -2.27. The minimum Gasteiger partial charge on any atom is -0.505 e. The van der Waals surface area contributed by atoms with E-state index in [4.69, 9.17) is 0 Å². The van der Waals surface area contributed by atoms with Gasteiger partial charge in [0.15, 0.2) is 17.4 Å². The predicted octanol–water partition coefficient (Wildman–Crippen LogP) is 3.26. The van der Waals surface area contributed by atoms with Gasteiger partial charge >= 0.3 is 10.2 Å². The highest BCUT2D eigenvalue weighted by Crippen LogP contribution is 2.38. The van der Waals surface area contributed by atoms with Crippen LogP contribution in [0.4, 0.5) is 20.2 Å². The first-order chi connectivity index (χ1) is 19.0. The monoisotopic (exact) mass is 567 g/mol. The van der Waals surface area contributed by atoms with E-state index in [0.29, 0.717) is 11.2 Å². The number of phenols is 1. The fourth-order valence-corrected chi connectivity index (χ4v) is 5.12. The van der Waals surface area contributed by atoms with Crippen molar-refractivity contribution in [2.24, 2.45) is 0 Å². The smallest absolute Gasteiger partial charge is 0.308 e. The lowest BCUT2D eigenvalue weighted by Crippen LogP contribution is -2.31. The summed E-state index contributed by atoms with van der Waals surface area (Å²) in [6.07, 6.45) is 6.84. The molecule has 206 valence electrons. The van der Waals surface area contributed by atoms with Crippen LogP contribution < -0.4 is 10.5 Å². The Labute approximate surface area is 227 Å². The van der Waals surface area contributed by atoms with Gasteiger partial charge < -0.3 is 10.0 Å². The van der Waals surface area contributed by atoms with Crippen molar-refractivity contribution in [1.29, 1.82) is 0 Å². The summed E-state index contributed by atoms with van der Waals surface area (Å²) in [5.41, 5.74) is -0.270. The summed E-state index contributed by atoms with van der Waals surface area (Å²) in [5, 5.41) is 10.3. The molecule has 0 bridgehead atoms. The third-order valence-corrected chi connectivity index (χ3v) is 8.03. The van der Waals surface area contributed by atoms with Gasteiger partial charge in [0, 0.05) is 38.4 Å². The molecule has 0 atom stereocenters. The number of phenolic OH excluding ortho intramolecular Hbond substituents is 1. The van der Waals surface area contributed by atoms with Gasteiger partial charge in [0.25, 0.3) is 5.56 Å². The molecule has 14 heteroatoms. The number of hydrogen-bond acceptors (Lipinski definition) is 8. The van der Waals surface area contributed by atoms with Crippen LogP contribution in [0.2, 0.25) is 0 Å². The van der Waals surface area contributed by atoms with Crippen molar-refractivity contribution in [2.75, 3.05) is 19.0 Å². The highest BCUT2D eigenvalue weighted by molar-refractivity contribution is 7.87. The standard InChI is InChI=1S/C26H23F2N7O4S/c1-16-11-21(36)24(28)25(23(16)27)33(14-22-30-9-10-35(22)40(38,39)32(2)3)17-6-7-20-19(12-17)26(37)34(15-31-20)18-5-4-8-29-13-18/h4-13,15,36H,14H2,1-3H3. The van der Waals surface area contributed by atoms with Gasteiger partial charge in [-0.1, -0.05) is 0 Å². The van der Waals surface area contributed by atoms with E-state index in [1.807, 2.05) is 0 Å². The van der Waals surface area contributed by atoms with E-state index in [9.17, 15) is 18.3 Å². The van der Waals surface area contributed by atoms with Crippen molar-refractivity contribution in [2.45, 2.75) is 13.5 Å². The van der Waals surface area contributed by atoms with Gasteiger partial charge in [-0.15, -0.1) is 0 Å². The highest BCUT2D eigenvalue weighted by atomic mass is 32.2. The number of pyridine rings is 1. The highest BCUT2D eigenvalue weighted by Gasteiger charge is 2.28. The number of halogens is 2. The molecule has 0 aliphatic carbocycles. The molecule has 0 radical (unpaired) electrons. The molecule has 3 heterocycles. The number of benzene rings is 2. The number of rotatable bonds is 7. The third kappa shape index (κ3) is 4.56. The van der Waals surface area contributed by atoms with Crippen molar-refractivity contribution in [3.63, 3.8) is 0 Å². The average molecular weight is 568 g/mol. The SMILES string of the molecule is Cc1cc(O)c(F)c(N(Cc2nccn2S(=O)(=O)N(C)C)c2ccc3ncn(-c4cccnc4)c(=O)c3c2)c1F. The Kier molecular flexibility index (Phi) is 6.81. The number of nitrogens with zero attached hydrogens (tertiary/aromatic N) is 7. The van der Waals surface area contributed by atoms with Crippen molar-refractivity contribution < 1.29 is 22.3 Å². The maximum atomic E-state index is 15.5. The van der Waals surface area contributed by atoms with Crippen molar-refractivity contribution in [3.8, 4) is 11.4 Å². The predicted molar refractivity (Wildman–Crippen MR) is 144 cm³/mol. The molecule has 11 nitrogen and oxygen atoms in total. The zero-order chi connectivity index (χ0) is 28.8. The van der Waals surface area contributed by atoms with Gasteiger partial charge in [-0.3, -0.25) is 14.3 Å². The second-order valence-corrected chi connectivity index (χ2v) is 11.1.